The molecule has 0 saturated carbocycles. The lowest BCUT2D eigenvalue weighted by atomic mass is 9.91. The first-order valence-electron chi connectivity index (χ1n) is 4.81. The molecule has 0 aliphatic carbocycles. The highest BCUT2D eigenvalue weighted by molar-refractivity contribution is 5.77. The second kappa shape index (κ2) is 4.07. The molecule has 1 aliphatic rings. The van der Waals surface area contributed by atoms with E-state index in [-0.39, 0.29) is 17.9 Å². The van der Waals surface area contributed by atoms with Gasteiger partial charge in [-0.2, -0.15) is 0 Å². The van der Waals surface area contributed by atoms with Crippen LogP contribution in [0.25, 0.3) is 0 Å². The number of nitrogens with zero attached hydrogens (tertiary/aromatic N) is 1. The third-order valence-corrected chi connectivity index (χ3v) is 2.79. The zero-order chi connectivity index (χ0) is 10.0. The van der Waals surface area contributed by atoms with Crippen molar-refractivity contribution in [3.63, 3.8) is 0 Å². The van der Waals surface area contributed by atoms with Gasteiger partial charge in [0.2, 0.25) is 5.91 Å². The molecule has 4 N–H and O–H groups in total. The van der Waals surface area contributed by atoms with Crippen LogP contribution < -0.4 is 11.5 Å². The molecule has 1 heterocycles. The molecule has 1 aliphatic heterocycles. The summed E-state index contributed by atoms with van der Waals surface area (Å²) in [6.45, 7) is 5.93. The van der Waals surface area contributed by atoms with Crippen LogP contribution in [0.4, 0.5) is 0 Å². The Morgan fingerprint density at radius 3 is 2.62 bits per heavy atom. The van der Waals surface area contributed by atoms with E-state index in [1.807, 2.05) is 0 Å². The van der Waals surface area contributed by atoms with Gasteiger partial charge in [-0.1, -0.05) is 0 Å². The number of amides is 1. The molecule has 4 nitrogen and oxygen atoms in total. The summed E-state index contributed by atoms with van der Waals surface area (Å²) in [6, 6.07) is 0.418. The largest absolute Gasteiger partial charge is 0.369 e. The molecule has 76 valence electrons. The number of carbonyl (C=O) groups is 1. The minimum atomic E-state index is -0.266. The third-order valence-electron chi connectivity index (χ3n) is 2.79. The summed E-state index contributed by atoms with van der Waals surface area (Å²) in [7, 11) is 0. The molecule has 0 aromatic carbocycles. The van der Waals surface area contributed by atoms with E-state index in [0.717, 1.165) is 13.0 Å². The molecule has 1 rings (SSSR count). The number of carbonyl (C=O) groups excluding carboxylic acids is 1. The molecule has 2 atom stereocenters. The van der Waals surface area contributed by atoms with E-state index >= 15 is 0 Å². The van der Waals surface area contributed by atoms with E-state index in [2.05, 4.69) is 18.7 Å². The minimum absolute atomic E-state index is 0.0486. The van der Waals surface area contributed by atoms with Gasteiger partial charge in [-0.15, -0.1) is 0 Å². The summed E-state index contributed by atoms with van der Waals surface area (Å²) < 4.78 is 0. The number of nitrogens with two attached hydrogens (primary N) is 2. The van der Waals surface area contributed by atoms with Crippen molar-refractivity contribution in [2.45, 2.75) is 32.4 Å². The summed E-state index contributed by atoms with van der Waals surface area (Å²) in [5.41, 5.74) is 11.1. The fourth-order valence-corrected chi connectivity index (χ4v) is 1.77. The van der Waals surface area contributed by atoms with Crippen LogP contribution >= 0.6 is 0 Å². The van der Waals surface area contributed by atoms with Crippen molar-refractivity contribution in [2.24, 2.45) is 17.4 Å². The van der Waals surface area contributed by atoms with Crippen LogP contribution in [0, 0.1) is 5.92 Å². The van der Waals surface area contributed by atoms with Gasteiger partial charge in [0.25, 0.3) is 0 Å². The summed E-state index contributed by atoms with van der Waals surface area (Å²) >= 11 is 0. The summed E-state index contributed by atoms with van der Waals surface area (Å²) in [5.74, 6) is -0.436. The Balaban J connectivity index is 2.58. The van der Waals surface area contributed by atoms with Gasteiger partial charge in [0.1, 0.15) is 0 Å². The lowest BCUT2D eigenvalue weighted by molar-refractivity contribution is -0.124. The first-order chi connectivity index (χ1) is 6.02. The molecule has 1 fully saturated rings. The number of piperidine rings is 1. The van der Waals surface area contributed by atoms with Gasteiger partial charge in [0, 0.05) is 18.6 Å². The van der Waals surface area contributed by atoms with Crippen LogP contribution in [0.15, 0.2) is 0 Å². The third kappa shape index (κ3) is 2.42. The van der Waals surface area contributed by atoms with Gasteiger partial charge < -0.3 is 16.4 Å². The summed E-state index contributed by atoms with van der Waals surface area (Å²) in [4.78, 5) is 13.3. The maximum Gasteiger partial charge on any atom is 0.223 e. The number of primary amides is 1. The van der Waals surface area contributed by atoms with Crippen LogP contribution in [-0.4, -0.2) is 36.0 Å². The van der Waals surface area contributed by atoms with Crippen molar-refractivity contribution in [2.75, 3.05) is 13.1 Å². The maximum absolute atomic E-state index is 11.0. The molecule has 0 aromatic heterocycles. The zero-order valence-corrected chi connectivity index (χ0v) is 8.36. The number of rotatable bonds is 2. The van der Waals surface area contributed by atoms with E-state index in [0.29, 0.717) is 12.6 Å². The molecule has 0 spiro atoms. The van der Waals surface area contributed by atoms with Crippen molar-refractivity contribution in [1.29, 1.82) is 0 Å². The van der Waals surface area contributed by atoms with Gasteiger partial charge in [0.15, 0.2) is 0 Å². The van der Waals surface area contributed by atoms with Crippen molar-refractivity contribution in [3.05, 3.63) is 0 Å². The molecule has 0 radical (unpaired) electrons. The van der Waals surface area contributed by atoms with Gasteiger partial charge in [-0.25, -0.2) is 0 Å². The standard InChI is InChI=1S/C9H19N3O/c1-6(2)12-4-3-8(10)7(5-12)9(11)13/h6-8H,3-5,10H2,1-2H3,(H2,11,13)/t7-,8-/m1/s1. The van der Waals surface area contributed by atoms with Crippen LogP contribution in [-0.2, 0) is 4.79 Å². The predicted molar refractivity (Wildman–Crippen MR) is 52.0 cm³/mol. The molecule has 0 bridgehead atoms. The van der Waals surface area contributed by atoms with Crippen molar-refractivity contribution in [1.82, 2.24) is 4.90 Å². The van der Waals surface area contributed by atoms with Gasteiger partial charge in [0.05, 0.1) is 5.92 Å². The van der Waals surface area contributed by atoms with Gasteiger partial charge in [-0.3, -0.25) is 4.79 Å². The second-order valence-electron chi connectivity index (χ2n) is 4.05. The Morgan fingerprint density at radius 1 is 1.54 bits per heavy atom. The van der Waals surface area contributed by atoms with Crippen molar-refractivity contribution < 1.29 is 4.79 Å². The fraction of sp³-hybridized carbons (Fsp3) is 0.889. The Labute approximate surface area is 79.3 Å². The van der Waals surface area contributed by atoms with E-state index in [1.54, 1.807) is 0 Å². The number of hydrogen-bond acceptors (Lipinski definition) is 3. The monoisotopic (exact) mass is 185 g/mol. The molecule has 13 heavy (non-hydrogen) atoms. The minimum Gasteiger partial charge on any atom is -0.369 e. The average Bonchev–Trinajstić information content (AvgIpc) is 2.04. The summed E-state index contributed by atoms with van der Waals surface area (Å²) in [5, 5.41) is 0. The Kier molecular flexibility index (Phi) is 3.27. The van der Waals surface area contributed by atoms with Gasteiger partial charge >= 0.3 is 0 Å². The van der Waals surface area contributed by atoms with Crippen LogP contribution in [0.1, 0.15) is 20.3 Å². The highest BCUT2D eigenvalue weighted by atomic mass is 16.1. The van der Waals surface area contributed by atoms with E-state index in [1.165, 1.54) is 0 Å². The smallest absolute Gasteiger partial charge is 0.223 e. The van der Waals surface area contributed by atoms with E-state index in [9.17, 15) is 4.79 Å². The zero-order valence-electron chi connectivity index (χ0n) is 8.36. The molecule has 1 saturated heterocycles. The number of likely N-dealkylation sites (tertiary alicyclic amines) is 1. The SMILES string of the molecule is CC(C)N1CC[C@@H](N)[C@H](C(N)=O)C1. The average molecular weight is 185 g/mol. The molecule has 1 amide bonds. The maximum atomic E-state index is 11.0. The van der Waals surface area contributed by atoms with E-state index in [4.69, 9.17) is 11.5 Å². The normalized spacial score (nSPS) is 30.8. The molecule has 0 aromatic rings. The Bertz CT molecular complexity index is 193. The second-order valence-corrected chi connectivity index (χ2v) is 4.05. The topological polar surface area (TPSA) is 72.3 Å². The summed E-state index contributed by atoms with van der Waals surface area (Å²) in [6.07, 6.45) is 0.867. The first-order valence-corrected chi connectivity index (χ1v) is 4.81. The Hall–Kier alpha value is -0.610. The number of hydrogen-bond donors (Lipinski definition) is 2. The fourth-order valence-electron chi connectivity index (χ4n) is 1.77. The van der Waals surface area contributed by atoms with Crippen LogP contribution in [0.3, 0.4) is 0 Å². The van der Waals surface area contributed by atoms with Crippen molar-refractivity contribution >= 4 is 5.91 Å². The lowest BCUT2D eigenvalue weighted by Crippen LogP contribution is -2.53. The molecular formula is C9H19N3O. The van der Waals surface area contributed by atoms with Crippen LogP contribution in [0.5, 0.6) is 0 Å². The quantitative estimate of drug-likeness (QED) is 0.611. The molecule has 0 unspecified atom stereocenters. The van der Waals surface area contributed by atoms with Crippen molar-refractivity contribution in [3.8, 4) is 0 Å². The molecule has 4 heteroatoms. The highest BCUT2D eigenvalue weighted by Gasteiger charge is 2.31. The van der Waals surface area contributed by atoms with Gasteiger partial charge in [-0.05, 0) is 26.8 Å². The predicted octanol–water partition coefficient (Wildman–Crippen LogP) is -0.471. The van der Waals surface area contributed by atoms with E-state index < -0.39 is 0 Å². The Morgan fingerprint density at radius 2 is 2.15 bits per heavy atom. The first kappa shape index (κ1) is 10.5. The molecular weight excluding hydrogens is 166 g/mol. The lowest BCUT2D eigenvalue weighted by Gasteiger charge is -2.37. The highest BCUT2D eigenvalue weighted by Crippen LogP contribution is 2.17. The van der Waals surface area contributed by atoms with Crippen LogP contribution in [0.2, 0.25) is 0 Å².